The number of carbonyl (C=O) groups is 1. The molecular formula is C31H31BrN2O4. The second kappa shape index (κ2) is 11.7. The SMILES string of the molecule is CCc1cc(Oc2ccccc2)cc(CC)c1NC(=O)c1c(-c2ccccc2OC)n(C)c(C)c(Br)c1=O. The van der Waals surface area contributed by atoms with Gasteiger partial charge < -0.3 is 19.4 Å². The normalized spacial score (nSPS) is 10.8. The zero-order valence-corrected chi connectivity index (χ0v) is 23.8. The highest BCUT2D eigenvalue weighted by Gasteiger charge is 2.26. The van der Waals surface area contributed by atoms with Crippen LogP contribution in [0.5, 0.6) is 17.2 Å². The fourth-order valence-electron chi connectivity index (χ4n) is 4.54. The van der Waals surface area contributed by atoms with Gasteiger partial charge in [-0.25, -0.2) is 0 Å². The summed E-state index contributed by atoms with van der Waals surface area (Å²) in [6.45, 7) is 5.89. The summed E-state index contributed by atoms with van der Waals surface area (Å²) in [7, 11) is 3.41. The van der Waals surface area contributed by atoms with Crippen LogP contribution in [0.3, 0.4) is 0 Å². The minimum absolute atomic E-state index is 0.0446. The zero-order valence-electron chi connectivity index (χ0n) is 22.2. The lowest BCUT2D eigenvalue weighted by Gasteiger charge is -2.21. The van der Waals surface area contributed by atoms with Crippen molar-refractivity contribution < 1.29 is 14.3 Å². The Morgan fingerprint density at radius 1 is 0.947 bits per heavy atom. The summed E-state index contributed by atoms with van der Waals surface area (Å²) in [4.78, 5) is 27.5. The van der Waals surface area contributed by atoms with Crippen molar-refractivity contribution in [2.45, 2.75) is 33.6 Å². The standard InChI is InChI=1S/C31H31BrN2O4/c1-6-20-17-23(38-22-13-9-8-10-14-22)18-21(7-2)28(20)33-31(36)26-29(24-15-11-12-16-25(24)37-5)34(4)19(3)27(32)30(26)35/h8-18H,6-7H2,1-5H3,(H,33,36). The van der Waals surface area contributed by atoms with Gasteiger partial charge in [-0.3, -0.25) is 9.59 Å². The van der Waals surface area contributed by atoms with Crippen molar-refractivity contribution >= 4 is 27.5 Å². The molecule has 0 radical (unpaired) electrons. The minimum Gasteiger partial charge on any atom is -0.496 e. The maximum Gasteiger partial charge on any atom is 0.261 e. The van der Waals surface area contributed by atoms with E-state index in [1.165, 1.54) is 0 Å². The monoisotopic (exact) mass is 574 g/mol. The third-order valence-electron chi connectivity index (χ3n) is 6.66. The molecule has 1 aromatic heterocycles. The number of hydrogen-bond donors (Lipinski definition) is 1. The first-order valence-corrected chi connectivity index (χ1v) is 13.3. The van der Waals surface area contributed by atoms with Crippen molar-refractivity contribution in [3.63, 3.8) is 0 Å². The van der Waals surface area contributed by atoms with E-state index in [9.17, 15) is 9.59 Å². The smallest absolute Gasteiger partial charge is 0.261 e. The van der Waals surface area contributed by atoms with Crippen LogP contribution in [0, 0.1) is 6.92 Å². The van der Waals surface area contributed by atoms with Gasteiger partial charge in [0.15, 0.2) is 0 Å². The number of anilines is 1. The molecule has 0 fully saturated rings. The average Bonchev–Trinajstić information content (AvgIpc) is 2.94. The first kappa shape index (κ1) is 27.2. The van der Waals surface area contributed by atoms with E-state index in [1.54, 1.807) is 7.11 Å². The minimum atomic E-state index is -0.478. The molecule has 4 aromatic rings. The fraction of sp³-hybridized carbons (Fsp3) is 0.226. The molecule has 0 atom stereocenters. The molecule has 196 valence electrons. The van der Waals surface area contributed by atoms with E-state index in [4.69, 9.17) is 9.47 Å². The topological polar surface area (TPSA) is 69.6 Å². The predicted molar refractivity (Wildman–Crippen MR) is 156 cm³/mol. The molecule has 1 heterocycles. The van der Waals surface area contributed by atoms with Crippen molar-refractivity contribution in [2.24, 2.45) is 7.05 Å². The molecule has 0 bridgehead atoms. The fourth-order valence-corrected chi connectivity index (χ4v) is 5.01. The van der Waals surface area contributed by atoms with E-state index in [2.05, 4.69) is 21.2 Å². The van der Waals surface area contributed by atoms with Gasteiger partial charge in [-0.1, -0.05) is 44.2 Å². The summed E-state index contributed by atoms with van der Waals surface area (Å²) in [6.07, 6.45) is 1.34. The van der Waals surface area contributed by atoms with Gasteiger partial charge in [-0.05, 0) is 83.2 Å². The van der Waals surface area contributed by atoms with E-state index in [0.29, 0.717) is 51.5 Å². The van der Waals surface area contributed by atoms with Crippen LogP contribution in [0.25, 0.3) is 11.3 Å². The molecule has 6 nitrogen and oxygen atoms in total. The number of halogens is 1. The molecular weight excluding hydrogens is 544 g/mol. The molecule has 0 aliphatic heterocycles. The van der Waals surface area contributed by atoms with Crippen LogP contribution < -0.4 is 20.2 Å². The number of benzene rings is 3. The average molecular weight is 576 g/mol. The van der Waals surface area contributed by atoms with Gasteiger partial charge in [0.25, 0.3) is 5.91 Å². The lowest BCUT2D eigenvalue weighted by molar-refractivity contribution is 0.102. The Morgan fingerprint density at radius 2 is 1.55 bits per heavy atom. The molecule has 0 aliphatic carbocycles. The molecule has 0 saturated heterocycles. The summed E-state index contributed by atoms with van der Waals surface area (Å²) < 4.78 is 13.9. The Labute approximate surface area is 231 Å². The van der Waals surface area contributed by atoms with Crippen LogP contribution in [-0.2, 0) is 19.9 Å². The highest BCUT2D eigenvalue weighted by Crippen LogP contribution is 2.35. The van der Waals surface area contributed by atoms with Gasteiger partial charge in [-0.15, -0.1) is 0 Å². The number of para-hydroxylation sites is 2. The molecule has 0 aliphatic rings. The van der Waals surface area contributed by atoms with Gasteiger partial charge in [0.05, 0.1) is 17.3 Å². The van der Waals surface area contributed by atoms with E-state index < -0.39 is 5.91 Å². The van der Waals surface area contributed by atoms with E-state index in [-0.39, 0.29) is 11.0 Å². The summed E-state index contributed by atoms with van der Waals surface area (Å²) in [6, 6.07) is 20.8. The molecule has 0 saturated carbocycles. The summed E-state index contributed by atoms with van der Waals surface area (Å²) in [5.41, 5.74) is 4.07. The van der Waals surface area contributed by atoms with Crippen LogP contribution in [0.4, 0.5) is 5.69 Å². The summed E-state index contributed by atoms with van der Waals surface area (Å²) >= 11 is 3.41. The maximum absolute atomic E-state index is 13.9. The second-order valence-electron chi connectivity index (χ2n) is 8.90. The van der Waals surface area contributed by atoms with Crippen LogP contribution in [0.1, 0.15) is 41.0 Å². The van der Waals surface area contributed by atoms with Crippen LogP contribution in [-0.4, -0.2) is 17.6 Å². The Morgan fingerprint density at radius 3 is 2.16 bits per heavy atom. The van der Waals surface area contributed by atoms with Gasteiger partial charge in [0, 0.05) is 24.0 Å². The Bertz CT molecular complexity index is 1520. The van der Waals surface area contributed by atoms with Gasteiger partial charge >= 0.3 is 0 Å². The number of nitrogens with one attached hydrogen (secondary N) is 1. The third-order valence-corrected chi connectivity index (χ3v) is 7.60. The molecule has 1 N–H and O–H groups in total. The van der Waals surface area contributed by atoms with Crippen molar-refractivity contribution in [3.05, 3.63) is 104 Å². The highest BCUT2D eigenvalue weighted by atomic mass is 79.9. The quantitative estimate of drug-likeness (QED) is 0.239. The molecule has 38 heavy (non-hydrogen) atoms. The van der Waals surface area contributed by atoms with Gasteiger partial charge in [-0.2, -0.15) is 0 Å². The van der Waals surface area contributed by atoms with Gasteiger partial charge in [0.1, 0.15) is 22.8 Å². The molecule has 1 amide bonds. The van der Waals surface area contributed by atoms with Crippen molar-refractivity contribution in [3.8, 4) is 28.5 Å². The number of hydrogen-bond acceptors (Lipinski definition) is 4. The van der Waals surface area contributed by atoms with E-state index in [1.807, 2.05) is 99.1 Å². The van der Waals surface area contributed by atoms with Crippen LogP contribution in [0.15, 0.2) is 76.0 Å². The number of pyridine rings is 1. The molecule has 3 aromatic carbocycles. The van der Waals surface area contributed by atoms with Crippen molar-refractivity contribution in [1.29, 1.82) is 0 Å². The number of aryl methyl sites for hydroxylation is 2. The summed E-state index contributed by atoms with van der Waals surface area (Å²) in [5, 5.41) is 3.08. The largest absolute Gasteiger partial charge is 0.496 e. The lowest BCUT2D eigenvalue weighted by atomic mass is 9.99. The second-order valence-corrected chi connectivity index (χ2v) is 9.70. The molecule has 4 rings (SSSR count). The molecule has 7 heteroatoms. The van der Waals surface area contributed by atoms with Gasteiger partial charge in [0.2, 0.25) is 5.43 Å². The number of ether oxygens (including phenoxy) is 2. The Balaban J connectivity index is 1.84. The number of carbonyl (C=O) groups excluding carboxylic acids is 1. The zero-order chi connectivity index (χ0) is 27.4. The predicted octanol–water partition coefficient (Wildman–Crippen LogP) is 7.30. The number of aromatic nitrogens is 1. The Kier molecular flexibility index (Phi) is 8.37. The maximum atomic E-state index is 13.9. The molecule has 0 unspecified atom stereocenters. The Hall–Kier alpha value is -3.84. The van der Waals surface area contributed by atoms with Crippen LogP contribution in [0.2, 0.25) is 0 Å². The first-order valence-electron chi connectivity index (χ1n) is 12.5. The molecule has 0 spiro atoms. The lowest BCUT2D eigenvalue weighted by Crippen LogP contribution is -2.28. The summed E-state index contributed by atoms with van der Waals surface area (Å²) in [5.74, 6) is 1.53. The number of methoxy groups -OCH3 is 1. The number of amides is 1. The van der Waals surface area contributed by atoms with E-state index in [0.717, 1.165) is 16.9 Å². The highest BCUT2D eigenvalue weighted by molar-refractivity contribution is 9.10. The van der Waals surface area contributed by atoms with Crippen molar-refractivity contribution in [2.75, 3.05) is 12.4 Å². The number of nitrogens with zero attached hydrogens (tertiary/aromatic N) is 1. The number of rotatable bonds is 8. The van der Waals surface area contributed by atoms with Crippen molar-refractivity contribution in [1.82, 2.24) is 4.57 Å². The first-order chi connectivity index (χ1) is 18.3. The third kappa shape index (κ3) is 5.24. The van der Waals surface area contributed by atoms with Crippen LogP contribution >= 0.6 is 15.9 Å². The van der Waals surface area contributed by atoms with E-state index >= 15 is 0 Å².